The Labute approximate surface area is 165 Å². The van der Waals surface area contributed by atoms with Crippen LogP contribution in [0.1, 0.15) is 5.69 Å². The van der Waals surface area contributed by atoms with E-state index in [0.29, 0.717) is 0 Å². The van der Waals surface area contributed by atoms with Gasteiger partial charge < -0.3 is 31.0 Å². The number of oxime groups is 1. The predicted molar refractivity (Wildman–Crippen MR) is 97.4 cm³/mol. The first kappa shape index (κ1) is 19.6. The van der Waals surface area contributed by atoms with Crippen LogP contribution in [0.4, 0.5) is 5.13 Å². The molecule has 1 aromatic rings. The molecule has 0 bridgehead atoms. The molecule has 28 heavy (non-hydrogen) atoms. The number of nitrogen functional groups attached to an aromatic ring is 1. The van der Waals surface area contributed by atoms with E-state index in [-0.39, 0.29) is 27.9 Å². The van der Waals surface area contributed by atoms with Crippen LogP contribution in [0.3, 0.4) is 0 Å². The highest BCUT2D eigenvalue weighted by molar-refractivity contribution is 8.00. The monoisotopic (exact) mass is 427 g/mol. The number of rotatable bonds is 7. The van der Waals surface area contributed by atoms with E-state index in [9.17, 15) is 19.2 Å². The van der Waals surface area contributed by atoms with Crippen molar-refractivity contribution in [2.45, 2.75) is 11.4 Å². The van der Waals surface area contributed by atoms with Gasteiger partial charge in [-0.3, -0.25) is 9.59 Å². The molecule has 2 aliphatic heterocycles. The molecule has 0 aromatic carbocycles. The lowest BCUT2D eigenvalue weighted by atomic mass is 10.1. The van der Waals surface area contributed by atoms with Crippen LogP contribution in [0, 0.1) is 0 Å². The van der Waals surface area contributed by atoms with Crippen LogP contribution in [-0.2, 0) is 24.0 Å². The minimum Gasteiger partial charge on any atom is -0.479 e. The summed E-state index contributed by atoms with van der Waals surface area (Å²) >= 11 is 2.24. The number of β-lactam (4-membered cyclic amide) rings is 1. The zero-order chi connectivity index (χ0) is 20.4. The van der Waals surface area contributed by atoms with Gasteiger partial charge in [0.05, 0.1) is 5.57 Å². The number of hydrogen-bond acceptors (Lipinski definition) is 10. The number of carboxylic acids is 2. The Bertz CT molecular complexity index is 912. The number of aliphatic carboxylic acids is 2. The molecule has 5 N–H and O–H groups in total. The Morgan fingerprint density at radius 2 is 2.18 bits per heavy atom. The first-order valence-corrected chi connectivity index (χ1v) is 9.52. The molecular weight excluding hydrogens is 414 g/mol. The first-order valence-electron chi connectivity index (χ1n) is 7.59. The summed E-state index contributed by atoms with van der Waals surface area (Å²) in [5, 5.41) is 24.8. The molecule has 2 amide bonds. The Hall–Kier alpha value is -3.13. The topological polar surface area (TPSA) is 185 Å². The van der Waals surface area contributed by atoms with Gasteiger partial charge in [-0.15, -0.1) is 23.1 Å². The van der Waals surface area contributed by atoms with Gasteiger partial charge in [0.1, 0.15) is 17.1 Å². The van der Waals surface area contributed by atoms with Crippen molar-refractivity contribution in [2.75, 3.05) is 18.1 Å². The van der Waals surface area contributed by atoms with Crippen LogP contribution in [-0.4, -0.2) is 73.3 Å². The quantitative estimate of drug-likeness (QED) is 0.236. The number of thiazole rings is 1. The minimum absolute atomic E-state index is 0.0679. The number of nitrogens with two attached hydrogens (primary N) is 1. The zero-order valence-corrected chi connectivity index (χ0v) is 15.5. The summed E-state index contributed by atoms with van der Waals surface area (Å²) < 4.78 is 0. The largest absolute Gasteiger partial charge is 0.479 e. The number of amides is 2. The Balaban J connectivity index is 1.73. The molecule has 1 saturated heterocycles. The summed E-state index contributed by atoms with van der Waals surface area (Å²) in [5.41, 5.74) is 5.37. The standard InChI is InChI=1S/C14H13N5O7S2/c15-14-16-6(4-28-14)8(18-26-2-7(20)21)10(22)17-9-11(23)19-1-5(13(24)25)3-27-12(9)19/h1,4,9,12H,2-3H2,(H2,15,16)(H,17,22)(H,20,21)(H,24,25)/t9?,12-/m1/s1. The van der Waals surface area contributed by atoms with Gasteiger partial charge in [0, 0.05) is 17.3 Å². The molecule has 148 valence electrons. The minimum atomic E-state index is -1.29. The number of carbonyl (C=O) groups is 4. The van der Waals surface area contributed by atoms with E-state index in [1.54, 1.807) is 0 Å². The number of nitrogens with one attached hydrogen (secondary N) is 1. The number of fused-ring (bicyclic) bond motifs is 1. The summed E-state index contributed by atoms with van der Waals surface area (Å²) in [4.78, 5) is 56.2. The van der Waals surface area contributed by atoms with Crippen molar-refractivity contribution < 1.29 is 34.2 Å². The van der Waals surface area contributed by atoms with Gasteiger partial charge >= 0.3 is 11.9 Å². The third-order valence-electron chi connectivity index (χ3n) is 3.67. The third-order valence-corrected chi connectivity index (χ3v) is 5.66. The fraction of sp³-hybridized carbons (Fsp3) is 0.286. The van der Waals surface area contributed by atoms with Gasteiger partial charge in [-0.25, -0.2) is 14.6 Å². The molecule has 3 rings (SSSR count). The van der Waals surface area contributed by atoms with Crippen molar-refractivity contribution in [1.82, 2.24) is 15.2 Å². The number of hydrogen-bond donors (Lipinski definition) is 4. The van der Waals surface area contributed by atoms with Crippen molar-refractivity contribution in [1.29, 1.82) is 0 Å². The second kappa shape index (κ2) is 7.85. The molecule has 1 aromatic heterocycles. The van der Waals surface area contributed by atoms with E-state index in [4.69, 9.17) is 15.9 Å². The number of carbonyl (C=O) groups excluding carboxylic acids is 2. The van der Waals surface area contributed by atoms with E-state index in [2.05, 4.69) is 20.3 Å². The Kier molecular flexibility index (Phi) is 5.51. The average Bonchev–Trinajstić information content (AvgIpc) is 3.07. The van der Waals surface area contributed by atoms with Crippen molar-refractivity contribution in [3.8, 4) is 0 Å². The van der Waals surface area contributed by atoms with Crippen LogP contribution < -0.4 is 11.1 Å². The molecule has 0 radical (unpaired) electrons. The van der Waals surface area contributed by atoms with E-state index in [0.717, 1.165) is 11.3 Å². The van der Waals surface area contributed by atoms with Crippen molar-refractivity contribution in [3.63, 3.8) is 0 Å². The summed E-state index contributed by atoms with van der Waals surface area (Å²) in [6.07, 6.45) is 1.25. The van der Waals surface area contributed by atoms with Crippen molar-refractivity contribution >= 4 is 57.7 Å². The number of anilines is 1. The maximum Gasteiger partial charge on any atom is 0.344 e. The van der Waals surface area contributed by atoms with Crippen LogP contribution >= 0.6 is 23.1 Å². The van der Waals surface area contributed by atoms with Crippen LogP contribution in [0.5, 0.6) is 0 Å². The fourth-order valence-corrected chi connectivity index (χ4v) is 4.19. The lowest BCUT2D eigenvalue weighted by molar-refractivity contribution is -0.144. The van der Waals surface area contributed by atoms with Gasteiger partial charge in [-0.05, 0) is 0 Å². The Morgan fingerprint density at radius 1 is 1.43 bits per heavy atom. The average molecular weight is 427 g/mol. The summed E-state index contributed by atoms with van der Waals surface area (Å²) in [6.45, 7) is -0.770. The molecule has 2 atom stereocenters. The molecular formula is C14H13N5O7S2. The molecule has 12 nitrogen and oxygen atoms in total. The van der Waals surface area contributed by atoms with Gasteiger partial charge in [-0.1, -0.05) is 5.16 Å². The highest BCUT2D eigenvalue weighted by atomic mass is 32.2. The molecule has 1 unspecified atom stereocenters. The van der Waals surface area contributed by atoms with Crippen LogP contribution in [0.15, 0.2) is 22.3 Å². The highest BCUT2D eigenvalue weighted by Crippen LogP contribution is 2.36. The second-order valence-electron chi connectivity index (χ2n) is 5.54. The number of aromatic nitrogens is 1. The fourth-order valence-electron chi connectivity index (χ4n) is 2.39. The summed E-state index contributed by atoms with van der Waals surface area (Å²) in [5.74, 6) is -3.50. The number of carboxylic acid groups (broad SMARTS) is 2. The number of nitrogens with zero attached hydrogens (tertiary/aromatic N) is 3. The van der Waals surface area contributed by atoms with Crippen molar-refractivity contribution in [3.05, 3.63) is 22.8 Å². The van der Waals surface area contributed by atoms with E-state index in [1.165, 1.54) is 28.2 Å². The summed E-state index contributed by atoms with van der Waals surface area (Å²) in [7, 11) is 0. The van der Waals surface area contributed by atoms with E-state index < -0.39 is 41.8 Å². The number of thioether (sulfide) groups is 1. The SMILES string of the molecule is Nc1nc(C(=NOCC(=O)O)C(=O)NC2C(=O)N3C=C(C(=O)O)CS[C@H]23)cs1. The van der Waals surface area contributed by atoms with Crippen LogP contribution in [0.2, 0.25) is 0 Å². The third kappa shape index (κ3) is 3.91. The van der Waals surface area contributed by atoms with Gasteiger partial charge in [-0.2, -0.15) is 0 Å². The Morgan fingerprint density at radius 3 is 2.79 bits per heavy atom. The van der Waals surface area contributed by atoms with Crippen molar-refractivity contribution in [2.24, 2.45) is 5.16 Å². The van der Waals surface area contributed by atoms with E-state index >= 15 is 0 Å². The molecule has 0 aliphatic carbocycles. The molecule has 0 saturated carbocycles. The highest BCUT2D eigenvalue weighted by Gasteiger charge is 2.50. The lowest BCUT2D eigenvalue weighted by Crippen LogP contribution is -2.69. The van der Waals surface area contributed by atoms with Gasteiger partial charge in [0.15, 0.2) is 10.8 Å². The molecule has 3 heterocycles. The van der Waals surface area contributed by atoms with Gasteiger partial charge in [0.25, 0.3) is 11.8 Å². The first-order chi connectivity index (χ1) is 13.3. The van der Waals surface area contributed by atoms with Crippen LogP contribution in [0.25, 0.3) is 0 Å². The maximum atomic E-state index is 12.6. The maximum absolute atomic E-state index is 12.6. The smallest absolute Gasteiger partial charge is 0.344 e. The molecule has 1 fully saturated rings. The molecule has 2 aliphatic rings. The normalized spacial score (nSPS) is 21.3. The predicted octanol–water partition coefficient (Wildman–Crippen LogP) is -1.10. The van der Waals surface area contributed by atoms with E-state index in [1.807, 2.05) is 0 Å². The molecule has 14 heteroatoms. The lowest BCUT2D eigenvalue weighted by Gasteiger charge is -2.46. The molecule has 0 spiro atoms. The van der Waals surface area contributed by atoms with Gasteiger partial charge in [0.2, 0.25) is 6.61 Å². The summed E-state index contributed by atoms with van der Waals surface area (Å²) in [6, 6.07) is -0.898. The second-order valence-corrected chi connectivity index (χ2v) is 7.53. The zero-order valence-electron chi connectivity index (χ0n) is 13.9.